The third-order valence-corrected chi connectivity index (χ3v) is 3.80. The van der Waals surface area contributed by atoms with Gasteiger partial charge in [0.15, 0.2) is 0 Å². The van der Waals surface area contributed by atoms with E-state index in [0.717, 1.165) is 45.7 Å². The SMILES string of the molecule is CC(CN)CN1CCCN(C(=O)c2cnn(C)c2)CC1. The smallest absolute Gasteiger partial charge is 0.257 e. The number of carbonyl (C=O) groups is 1. The molecule has 20 heavy (non-hydrogen) atoms. The van der Waals surface area contributed by atoms with Crippen molar-refractivity contribution in [2.45, 2.75) is 13.3 Å². The summed E-state index contributed by atoms with van der Waals surface area (Å²) < 4.78 is 1.67. The lowest BCUT2D eigenvalue weighted by Gasteiger charge is -2.23. The number of aromatic nitrogens is 2. The first kappa shape index (κ1) is 15.0. The Hall–Kier alpha value is -1.40. The summed E-state index contributed by atoms with van der Waals surface area (Å²) in [4.78, 5) is 16.7. The van der Waals surface area contributed by atoms with E-state index in [9.17, 15) is 4.79 Å². The van der Waals surface area contributed by atoms with Gasteiger partial charge in [0.25, 0.3) is 5.91 Å². The van der Waals surface area contributed by atoms with Gasteiger partial charge in [-0.25, -0.2) is 0 Å². The summed E-state index contributed by atoms with van der Waals surface area (Å²) in [6, 6.07) is 0. The van der Waals surface area contributed by atoms with E-state index in [2.05, 4.69) is 16.9 Å². The second kappa shape index (κ2) is 6.85. The van der Waals surface area contributed by atoms with Gasteiger partial charge in [0, 0.05) is 39.4 Å². The van der Waals surface area contributed by atoms with Gasteiger partial charge in [-0.2, -0.15) is 5.10 Å². The second-order valence-electron chi connectivity index (χ2n) is 5.69. The number of hydrogen-bond donors (Lipinski definition) is 1. The minimum absolute atomic E-state index is 0.0897. The number of nitrogens with zero attached hydrogens (tertiary/aromatic N) is 4. The Morgan fingerprint density at radius 1 is 1.40 bits per heavy atom. The average Bonchev–Trinajstić information content (AvgIpc) is 2.74. The molecule has 0 aliphatic carbocycles. The molecular weight excluding hydrogens is 254 g/mol. The molecular formula is C14H25N5O. The van der Waals surface area contributed by atoms with Crippen molar-refractivity contribution >= 4 is 5.91 Å². The van der Waals surface area contributed by atoms with Crippen LogP contribution >= 0.6 is 0 Å². The highest BCUT2D eigenvalue weighted by molar-refractivity contribution is 5.93. The third-order valence-electron chi connectivity index (χ3n) is 3.80. The zero-order chi connectivity index (χ0) is 14.5. The summed E-state index contributed by atoms with van der Waals surface area (Å²) in [5, 5.41) is 4.07. The first-order chi connectivity index (χ1) is 9.60. The summed E-state index contributed by atoms with van der Waals surface area (Å²) >= 11 is 0. The summed E-state index contributed by atoms with van der Waals surface area (Å²) in [5.74, 6) is 0.599. The molecule has 6 heteroatoms. The quantitative estimate of drug-likeness (QED) is 0.853. The fourth-order valence-corrected chi connectivity index (χ4v) is 2.59. The van der Waals surface area contributed by atoms with Crippen molar-refractivity contribution in [1.29, 1.82) is 0 Å². The molecule has 1 aliphatic heterocycles. The van der Waals surface area contributed by atoms with Crippen molar-refractivity contribution in [2.24, 2.45) is 18.7 Å². The van der Waals surface area contributed by atoms with Crippen LogP contribution in [0.4, 0.5) is 0 Å². The number of amides is 1. The van der Waals surface area contributed by atoms with Gasteiger partial charge in [-0.3, -0.25) is 9.48 Å². The van der Waals surface area contributed by atoms with Crippen molar-refractivity contribution < 1.29 is 4.79 Å². The Labute approximate surface area is 120 Å². The van der Waals surface area contributed by atoms with Crippen LogP contribution in [0.25, 0.3) is 0 Å². The molecule has 0 radical (unpaired) electrons. The molecule has 2 heterocycles. The zero-order valence-corrected chi connectivity index (χ0v) is 12.5. The Balaban J connectivity index is 1.90. The third kappa shape index (κ3) is 3.80. The van der Waals surface area contributed by atoms with E-state index in [4.69, 9.17) is 5.73 Å². The molecule has 1 amide bonds. The molecule has 1 aromatic rings. The van der Waals surface area contributed by atoms with Crippen LogP contribution in [0, 0.1) is 5.92 Å². The molecule has 0 spiro atoms. The Morgan fingerprint density at radius 2 is 2.20 bits per heavy atom. The lowest BCUT2D eigenvalue weighted by Crippen LogP contribution is -2.37. The molecule has 2 N–H and O–H groups in total. The molecule has 1 aromatic heterocycles. The molecule has 1 atom stereocenters. The number of carbonyl (C=O) groups excluding carboxylic acids is 1. The van der Waals surface area contributed by atoms with Gasteiger partial charge >= 0.3 is 0 Å². The Kier molecular flexibility index (Phi) is 5.14. The molecule has 1 aliphatic rings. The fourth-order valence-electron chi connectivity index (χ4n) is 2.59. The highest BCUT2D eigenvalue weighted by Crippen LogP contribution is 2.10. The van der Waals surface area contributed by atoms with Gasteiger partial charge in [-0.15, -0.1) is 0 Å². The van der Waals surface area contributed by atoms with Gasteiger partial charge in [-0.05, 0) is 25.4 Å². The number of nitrogens with two attached hydrogens (primary N) is 1. The van der Waals surface area contributed by atoms with Crippen LogP contribution in [-0.2, 0) is 7.05 Å². The predicted octanol–water partition coefficient (Wildman–Crippen LogP) is 0.163. The van der Waals surface area contributed by atoms with E-state index in [1.165, 1.54) is 0 Å². The van der Waals surface area contributed by atoms with Crippen LogP contribution < -0.4 is 5.73 Å². The summed E-state index contributed by atoms with van der Waals surface area (Å²) in [5.41, 5.74) is 6.36. The van der Waals surface area contributed by atoms with Gasteiger partial charge in [0.05, 0.1) is 11.8 Å². The highest BCUT2D eigenvalue weighted by Gasteiger charge is 2.21. The monoisotopic (exact) mass is 279 g/mol. The van der Waals surface area contributed by atoms with Crippen LogP contribution in [0.1, 0.15) is 23.7 Å². The molecule has 6 nitrogen and oxygen atoms in total. The Bertz CT molecular complexity index is 445. The first-order valence-corrected chi connectivity index (χ1v) is 7.30. The maximum Gasteiger partial charge on any atom is 0.257 e. The van der Waals surface area contributed by atoms with Gasteiger partial charge < -0.3 is 15.5 Å². The maximum atomic E-state index is 12.4. The number of aryl methyl sites for hydroxylation is 1. The summed E-state index contributed by atoms with van der Waals surface area (Å²) in [6.45, 7) is 7.48. The molecule has 1 fully saturated rings. The first-order valence-electron chi connectivity index (χ1n) is 7.30. The standard InChI is InChI=1S/C14H25N5O/c1-12(8-15)10-18-4-3-5-19(7-6-18)14(20)13-9-16-17(2)11-13/h9,11-12H,3-8,10,15H2,1-2H3. The van der Waals surface area contributed by atoms with E-state index in [1.807, 2.05) is 11.9 Å². The average molecular weight is 279 g/mol. The van der Waals surface area contributed by atoms with Crippen molar-refractivity contribution in [1.82, 2.24) is 19.6 Å². The van der Waals surface area contributed by atoms with Crippen LogP contribution in [0.2, 0.25) is 0 Å². The predicted molar refractivity (Wildman–Crippen MR) is 78.4 cm³/mol. The molecule has 1 unspecified atom stereocenters. The van der Waals surface area contributed by atoms with Gasteiger partial charge in [-0.1, -0.05) is 6.92 Å². The lowest BCUT2D eigenvalue weighted by molar-refractivity contribution is 0.0760. The summed E-state index contributed by atoms with van der Waals surface area (Å²) in [6.07, 6.45) is 4.44. The van der Waals surface area contributed by atoms with Crippen molar-refractivity contribution in [2.75, 3.05) is 39.3 Å². The van der Waals surface area contributed by atoms with Crippen LogP contribution in [-0.4, -0.2) is 64.8 Å². The fraction of sp³-hybridized carbons (Fsp3) is 0.714. The van der Waals surface area contributed by atoms with E-state index in [1.54, 1.807) is 17.1 Å². The maximum absolute atomic E-state index is 12.4. The van der Waals surface area contributed by atoms with E-state index >= 15 is 0 Å². The highest BCUT2D eigenvalue weighted by atomic mass is 16.2. The zero-order valence-electron chi connectivity index (χ0n) is 12.5. The molecule has 0 saturated carbocycles. The lowest BCUT2D eigenvalue weighted by atomic mass is 10.1. The number of rotatable bonds is 4. The van der Waals surface area contributed by atoms with E-state index in [0.29, 0.717) is 11.5 Å². The molecule has 2 rings (SSSR count). The van der Waals surface area contributed by atoms with Crippen LogP contribution in [0.5, 0.6) is 0 Å². The summed E-state index contributed by atoms with van der Waals surface area (Å²) in [7, 11) is 1.83. The van der Waals surface area contributed by atoms with E-state index < -0.39 is 0 Å². The normalized spacial score (nSPS) is 18.9. The van der Waals surface area contributed by atoms with Crippen molar-refractivity contribution in [3.8, 4) is 0 Å². The van der Waals surface area contributed by atoms with Crippen molar-refractivity contribution in [3.05, 3.63) is 18.0 Å². The van der Waals surface area contributed by atoms with Gasteiger partial charge in [0.2, 0.25) is 0 Å². The number of hydrogen-bond acceptors (Lipinski definition) is 4. The largest absolute Gasteiger partial charge is 0.337 e. The topological polar surface area (TPSA) is 67.4 Å². The minimum atomic E-state index is 0.0897. The molecule has 112 valence electrons. The Morgan fingerprint density at radius 3 is 2.85 bits per heavy atom. The molecule has 0 aromatic carbocycles. The van der Waals surface area contributed by atoms with Crippen molar-refractivity contribution in [3.63, 3.8) is 0 Å². The second-order valence-corrected chi connectivity index (χ2v) is 5.69. The van der Waals surface area contributed by atoms with Gasteiger partial charge in [0.1, 0.15) is 0 Å². The molecule has 0 bridgehead atoms. The van der Waals surface area contributed by atoms with Crippen LogP contribution in [0.15, 0.2) is 12.4 Å². The van der Waals surface area contributed by atoms with E-state index in [-0.39, 0.29) is 5.91 Å². The molecule has 1 saturated heterocycles. The minimum Gasteiger partial charge on any atom is -0.337 e. The van der Waals surface area contributed by atoms with Crippen LogP contribution in [0.3, 0.4) is 0 Å².